The second kappa shape index (κ2) is 6.07. The highest BCUT2D eigenvalue weighted by Crippen LogP contribution is 2.39. The van der Waals surface area contributed by atoms with Crippen LogP contribution in [0.2, 0.25) is 0 Å². The summed E-state index contributed by atoms with van der Waals surface area (Å²) >= 11 is 1.49. The molecular weight excluding hydrogens is 356 g/mol. The maximum absolute atomic E-state index is 12.9. The van der Waals surface area contributed by atoms with E-state index in [9.17, 15) is 13.2 Å². The molecule has 5 nitrogen and oxygen atoms in total. The standard InChI is InChI=1S/C18H18N2O3S2/c1-24-16-7-3-2-6-15(16)19-25(22,23)14-9-12-5-4-8-20-17(21)11-13(10-14)18(12)20/h2-3,6-7,9-10,19H,4-5,8,11H2,1H3. The lowest BCUT2D eigenvalue weighted by Gasteiger charge is -2.26. The molecule has 0 bridgehead atoms. The fourth-order valence-electron chi connectivity index (χ4n) is 3.54. The average molecular weight is 374 g/mol. The normalized spacial score (nSPS) is 16.0. The molecule has 0 radical (unpaired) electrons. The topological polar surface area (TPSA) is 66.5 Å². The van der Waals surface area contributed by atoms with Crippen LogP contribution in [0.3, 0.4) is 0 Å². The number of carbonyl (C=O) groups excluding carboxylic acids is 1. The van der Waals surface area contributed by atoms with Gasteiger partial charge in [-0.15, -0.1) is 11.8 Å². The molecule has 130 valence electrons. The lowest BCUT2D eigenvalue weighted by atomic mass is 10.0. The zero-order valence-corrected chi connectivity index (χ0v) is 15.4. The molecule has 2 aromatic carbocycles. The number of amides is 1. The molecule has 0 aliphatic carbocycles. The molecule has 7 heteroatoms. The summed E-state index contributed by atoms with van der Waals surface area (Å²) in [4.78, 5) is 15.0. The van der Waals surface area contributed by atoms with E-state index in [1.54, 1.807) is 29.2 Å². The van der Waals surface area contributed by atoms with E-state index >= 15 is 0 Å². The number of nitrogens with zero attached hydrogens (tertiary/aromatic N) is 1. The molecule has 0 saturated heterocycles. The molecule has 0 aromatic heterocycles. The average Bonchev–Trinajstić information content (AvgIpc) is 2.93. The number of rotatable bonds is 4. The van der Waals surface area contributed by atoms with E-state index in [0.29, 0.717) is 5.69 Å². The fraction of sp³-hybridized carbons (Fsp3) is 0.278. The van der Waals surface area contributed by atoms with Gasteiger partial charge in [-0.25, -0.2) is 8.42 Å². The molecule has 1 amide bonds. The van der Waals surface area contributed by atoms with Crippen molar-refractivity contribution in [3.8, 4) is 0 Å². The number of benzene rings is 2. The van der Waals surface area contributed by atoms with E-state index in [1.807, 2.05) is 18.4 Å². The summed E-state index contributed by atoms with van der Waals surface area (Å²) in [6, 6.07) is 10.7. The fourth-order valence-corrected chi connectivity index (χ4v) is 5.33. The van der Waals surface area contributed by atoms with Gasteiger partial charge in [0.25, 0.3) is 10.0 Å². The maximum atomic E-state index is 12.9. The smallest absolute Gasteiger partial charge is 0.261 e. The van der Waals surface area contributed by atoms with Crippen LogP contribution in [0.25, 0.3) is 0 Å². The molecule has 0 fully saturated rings. The summed E-state index contributed by atoms with van der Waals surface area (Å²) in [5.74, 6) is 0.0613. The Morgan fingerprint density at radius 3 is 2.72 bits per heavy atom. The lowest BCUT2D eigenvalue weighted by Crippen LogP contribution is -2.31. The molecule has 2 aromatic rings. The quantitative estimate of drug-likeness (QED) is 0.836. The molecule has 0 atom stereocenters. The largest absolute Gasteiger partial charge is 0.312 e. The van der Waals surface area contributed by atoms with E-state index < -0.39 is 10.0 Å². The zero-order chi connectivity index (χ0) is 17.6. The molecule has 2 heterocycles. The monoisotopic (exact) mass is 374 g/mol. The van der Waals surface area contributed by atoms with Gasteiger partial charge in [0.1, 0.15) is 0 Å². The first-order valence-corrected chi connectivity index (χ1v) is 10.8. The van der Waals surface area contributed by atoms with Crippen molar-refractivity contribution in [3.63, 3.8) is 0 Å². The van der Waals surface area contributed by atoms with E-state index in [4.69, 9.17) is 0 Å². The van der Waals surface area contributed by atoms with E-state index in [-0.39, 0.29) is 17.2 Å². The Morgan fingerprint density at radius 2 is 1.92 bits per heavy atom. The Bertz CT molecular complexity index is 970. The van der Waals surface area contributed by atoms with Gasteiger partial charge in [-0.1, -0.05) is 12.1 Å². The van der Waals surface area contributed by atoms with Crippen molar-refractivity contribution in [2.45, 2.75) is 29.1 Å². The number of carbonyl (C=O) groups is 1. The number of aryl methyl sites for hydroxylation is 1. The number of nitrogens with one attached hydrogen (secondary N) is 1. The van der Waals surface area contributed by atoms with Crippen molar-refractivity contribution in [3.05, 3.63) is 47.5 Å². The first kappa shape index (κ1) is 16.5. The van der Waals surface area contributed by atoms with Gasteiger partial charge in [0, 0.05) is 11.4 Å². The Kier molecular flexibility index (Phi) is 4.00. The molecule has 0 unspecified atom stereocenters. The van der Waals surface area contributed by atoms with Crippen LogP contribution >= 0.6 is 11.8 Å². The van der Waals surface area contributed by atoms with Crippen molar-refractivity contribution >= 4 is 39.1 Å². The van der Waals surface area contributed by atoms with Crippen molar-refractivity contribution < 1.29 is 13.2 Å². The number of sulfonamides is 1. The summed E-state index contributed by atoms with van der Waals surface area (Å²) in [6.07, 6.45) is 3.86. The van der Waals surface area contributed by atoms with E-state index in [1.165, 1.54) is 11.8 Å². The van der Waals surface area contributed by atoms with Gasteiger partial charge in [-0.2, -0.15) is 0 Å². The van der Waals surface area contributed by atoms with Crippen LogP contribution in [0.5, 0.6) is 0 Å². The minimum atomic E-state index is -3.70. The zero-order valence-electron chi connectivity index (χ0n) is 13.8. The molecule has 1 N–H and O–H groups in total. The second-order valence-electron chi connectivity index (χ2n) is 6.22. The summed E-state index contributed by atoms with van der Waals surface area (Å²) in [5, 5.41) is 0. The molecule has 4 rings (SSSR count). The summed E-state index contributed by atoms with van der Waals surface area (Å²) in [6.45, 7) is 0.726. The second-order valence-corrected chi connectivity index (χ2v) is 8.75. The number of anilines is 2. The number of hydrogen-bond acceptors (Lipinski definition) is 4. The van der Waals surface area contributed by atoms with E-state index in [2.05, 4.69) is 4.72 Å². The van der Waals surface area contributed by atoms with Crippen LogP contribution in [0, 0.1) is 0 Å². The van der Waals surface area contributed by atoms with Crippen LogP contribution in [0.1, 0.15) is 17.5 Å². The van der Waals surface area contributed by atoms with Gasteiger partial charge in [0.05, 0.1) is 22.7 Å². The predicted octanol–water partition coefficient (Wildman–Crippen LogP) is 3.04. The first-order chi connectivity index (χ1) is 12.0. The van der Waals surface area contributed by atoms with Crippen molar-refractivity contribution in [1.29, 1.82) is 0 Å². The minimum Gasteiger partial charge on any atom is -0.312 e. The Labute approximate surface area is 151 Å². The van der Waals surface area contributed by atoms with Crippen LogP contribution in [0.4, 0.5) is 11.4 Å². The van der Waals surface area contributed by atoms with Crippen LogP contribution in [0.15, 0.2) is 46.2 Å². The molecule has 0 spiro atoms. The third-order valence-corrected chi connectivity index (χ3v) is 6.78. The molecular formula is C18H18N2O3S2. The number of para-hydroxylation sites is 1. The highest BCUT2D eigenvalue weighted by molar-refractivity contribution is 7.99. The Balaban J connectivity index is 1.75. The highest BCUT2D eigenvalue weighted by atomic mass is 32.2. The SMILES string of the molecule is CSc1ccccc1NS(=O)(=O)c1cc2c3c(c1)CC(=O)N3CCC2. The van der Waals surface area contributed by atoms with Gasteiger partial charge < -0.3 is 4.90 Å². The number of hydrogen-bond donors (Lipinski definition) is 1. The van der Waals surface area contributed by atoms with Gasteiger partial charge in [-0.3, -0.25) is 9.52 Å². The molecule has 25 heavy (non-hydrogen) atoms. The van der Waals surface area contributed by atoms with Crippen molar-refractivity contribution in [2.75, 3.05) is 22.4 Å². The molecule has 0 saturated carbocycles. The van der Waals surface area contributed by atoms with E-state index in [0.717, 1.165) is 41.1 Å². The minimum absolute atomic E-state index is 0.0613. The molecule has 2 aliphatic heterocycles. The predicted molar refractivity (Wildman–Crippen MR) is 99.9 cm³/mol. The number of thioether (sulfide) groups is 1. The third kappa shape index (κ3) is 2.81. The van der Waals surface area contributed by atoms with Crippen molar-refractivity contribution in [2.24, 2.45) is 0 Å². The van der Waals surface area contributed by atoms with Gasteiger partial charge in [-0.05, 0) is 54.5 Å². The van der Waals surface area contributed by atoms with Crippen LogP contribution in [-0.2, 0) is 27.7 Å². The molecule has 2 aliphatic rings. The summed E-state index contributed by atoms with van der Waals surface area (Å²) in [7, 11) is -3.70. The Morgan fingerprint density at radius 1 is 1.16 bits per heavy atom. The Hall–Kier alpha value is -1.99. The van der Waals surface area contributed by atoms with Gasteiger partial charge in [0.2, 0.25) is 5.91 Å². The van der Waals surface area contributed by atoms with Gasteiger partial charge >= 0.3 is 0 Å². The summed E-state index contributed by atoms with van der Waals surface area (Å²) < 4.78 is 28.5. The summed E-state index contributed by atoms with van der Waals surface area (Å²) in [5.41, 5.74) is 3.27. The first-order valence-electron chi connectivity index (χ1n) is 8.11. The third-order valence-electron chi connectivity index (χ3n) is 4.64. The van der Waals surface area contributed by atoms with Crippen LogP contribution < -0.4 is 9.62 Å². The van der Waals surface area contributed by atoms with Gasteiger partial charge in [0.15, 0.2) is 0 Å². The highest BCUT2D eigenvalue weighted by Gasteiger charge is 2.33. The van der Waals surface area contributed by atoms with Crippen molar-refractivity contribution in [1.82, 2.24) is 0 Å². The lowest BCUT2D eigenvalue weighted by molar-refractivity contribution is -0.117. The van der Waals surface area contributed by atoms with Crippen LogP contribution in [-0.4, -0.2) is 27.1 Å². The maximum Gasteiger partial charge on any atom is 0.261 e.